The molecule has 1 saturated carbocycles. The molecule has 5 nitrogen and oxygen atoms in total. The van der Waals surface area contributed by atoms with E-state index in [1.807, 2.05) is 20.8 Å². The average Bonchev–Trinajstić information content (AvgIpc) is 2.92. The Bertz CT molecular complexity index is 465. The highest BCUT2D eigenvalue weighted by Crippen LogP contribution is 2.21. The Labute approximate surface area is 120 Å². The smallest absolute Gasteiger partial charge is 0.272 e. The quantitative estimate of drug-likeness (QED) is 0.898. The van der Waals surface area contributed by atoms with Gasteiger partial charge in [0, 0.05) is 25.2 Å². The number of carbonyl (C=O) groups excluding carboxylic acids is 1. The number of hydrogen-bond donors (Lipinski definition) is 1. The Morgan fingerprint density at radius 3 is 2.55 bits per heavy atom. The van der Waals surface area contributed by atoms with E-state index in [1.165, 1.54) is 25.7 Å². The maximum absolute atomic E-state index is 12.4. The van der Waals surface area contributed by atoms with Crippen LogP contribution in [0.1, 0.15) is 55.8 Å². The molecular formula is C15H24N4O. The molecule has 110 valence electrons. The standard InChI is InChI=1S/C15H24N4O/c1-4-19(5-2)15(20)13-10-14(17-11(3)16-13)18-12-8-6-7-9-12/h10,12H,4-9H2,1-3H3,(H,16,17,18). The summed E-state index contributed by atoms with van der Waals surface area (Å²) in [5, 5.41) is 3.43. The Morgan fingerprint density at radius 2 is 1.95 bits per heavy atom. The summed E-state index contributed by atoms with van der Waals surface area (Å²) in [5.41, 5.74) is 0.488. The van der Waals surface area contributed by atoms with Crippen LogP contribution in [0.5, 0.6) is 0 Å². The molecule has 1 heterocycles. The van der Waals surface area contributed by atoms with Crippen molar-refractivity contribution in [1.29, 1.82) is 0 Å². The van der Waals surface area contributed by atoms with Crippen LogP contribution >= 0.6 is 0 Å². The summed E-state index contributed by atoms with van der Waals surface area (Å²) in [6, 6.07) is 2.27. The van der Waals surface area contributed by atoms with Gasteiger partial charge in [-0.1, -0.05) is 12.8 Å². The Morgan fingerprint density at radius 1 is 1.30 bits per heavy atom. The molecule has 0 unspecified atom stereocenters. The zero-order valence-electron chi connectivity index (χ0n) is 12.6. The molecule has 1 aromatic heterocycles. The summed E-state index contributed by atoms with van der Waals surface area (Å²) in [4.78, 5) is 22.8. The fraction of sp³-hybridized carbons (Fsp3) is 0.667. The Kier molecular flexibility index (Phi) is 4.93. The van der Waals surface area contributed by atoms with Gasteiger partial charge in [0.15, 0.2) is 0 Å². The summed E-state index contributed by atoms with van der Waals surface area (Å²) in [5.74, 6) is 1.40. The van der Waals surface area contributed by atoms with Crippen LogP contribution in [0.25, 0.3) is 0 Å². The number of nitrogens with zero attached hydrogens (tertiary/aromatic N) is 3. The van der Waals surface area contributed by atoms with Gasteiger partial charge < -0.3 is 10.2 Å². The maximum Gasteiger partial charge on any atom is 0.272 e. The molecule has 0 aromatic carbocycles. The SMILES string of the molecule is CCN(CC)C(=O)c1cc(NC2CCCC2)nc(C)n1. The van der Waals surface area contributed by atoms with Crippen molar-refractivity contribution in [1.82, 2.24) is 14.9 Å². The highest BCUT2D eigenvalue weighted by atomic mass is 16.2. The maximum atomic E-state index is 12.4. The van der Waals surface area contributed by atoms with Crippen molar-refractivity contribution < 1.29 is 4.79 Å². The first-order chi connectivity index (χ1) is 9.63. The number of amides is 1. The van der Waals surface area contributed by atoms with Gasteiger partial charge in [0.1, 0.15) is 17.3 Å². The number of nitrogens with one attached hydrogen (secondary N) is 1. The van der Waals surface area contributed by atoms with Gasteiger partial charge >= 0.3 is 0 Å². The van der Waals surface area contributed by atoms with Crippen LogP contribution in [-0.4, -0.2) is 39.9 Å². The minimum Gasteiger partial charge on any atom is -0.367 e. The Balaban J connectivity index is 2.16. The predicted octanol–water partition coefficient (Wildman–Crippen LogP) is 2.62. The molecule has 2 rings (SSSR count). The van der Waals surface area contributed by atoms with Crippen LogP contribution in [0.4, 0.5) is 5.82 Å². The number of anilines is 1. The highest BCUT2D eigenvalue weighted by Gasteiger charge is 2.18. The fourth-order valence-corrected chi connectivity index (χ4v) is 2.70. The second-order valence-corrected chi connectivity index (χ2v) is 5.29. The van der Waals surface area contributed by atoms with Gasteiger partial charge in [-0.2, -0.15) is 0 Å². The van der Waals surface area contributed by atoms with E-state index >= 15 is 0 Å². The van der Waals surface area contributed by atoms with Gasteiger partial charge in [-0.05, 0) is 33.6 Å². The van der Waals surface area contributed by atoms with E-state index in [2.05, 4.69) is 15.3 Å². The lowest BCUT2D eigenvalue weighted by Gasteiger charge is -2.19. The lowest BCUT2D eigenvalue weighted by molar-refractivity contribution is 0.0766. The largest absolute Gasteiger partial charge is 0.367 e. The van der Waals surface area contributed by atoms with Gasteiger partial charge in [-0.15, -0.1) is 0 Å². The lowest BCUT2D eigenvalue weighted by Crippen LogP contribution is -2.31. The molecule has 1 N–H and O–H groups in total. The lowest BCUT2D eigenvalue weighted by atomic mass is 10.2. The average molecular weight is 276 g/mol. The van der Waals surface area contributed by atoms with Gasteiger partial charge in [0.05, 0.1) is 0 Å². The van der Waals surface area contributed by atoms with E-state index in [0.29, 0.717) is 30.6 Å². The topological polar surface area (TPSA) is 58.1 Å². The fourth-order valence-electron chi connectivity index (χ4n) is 2.70. The molecule has 1 aliphatic rings. The normalized spacial score (nSPS) is 15.3. The Hall–Kier alpha value is -1.65. The minimum atomic E-state index is -0.0185. The molecule has 0 bridgehead atoms. The number of hydrogen-bond acceptors (Lipinski definition) is 4. The third-order valence-electron chi connectivity index (χ3n) is 3.81. The first-order valence-electron chi connectivity index (χ1n) is 7.55. The van der Waals surface area contributed by atoms with Crippen molar-refractivity contribution in [3.8, 4) is 0 Å². The van der Waals surface area contributed by atoms with Gasteiger partial charge in [-0.25, -0.2) is 9.97 Å². The summed E-state index contributed by atoms with van der Waals surface area (Å²) in [7, 11) is 0. The molecule has 20 heavy (non-hydrogen) atoms. The summed E-state index contributed by atoms with van der Waals surface area (Å²) in [6.45, 7) is 7.19. The van der Waals surface area contributed by atoms with Crippen molar-refractivity contribution >= 4 is 11.7 Å². The van der Waals surface area contributed by atoms with E-state index in [0.717, 1.165) is 5.82 Å². The van der Waals surface area contributed by atoms with E-state index < -0.39 is 0 Å². The summed E-state index contributed by atoms with van der Waals surface area (Å²) < 4.78 is 0. The molecule has 0 aliphatic heterocycles. The summed E-state index contributed by atoms with van der Waals surface area (Å²) >= 11 is 0. The van der Waals surface area contributed by atoms with Gasteiger partial charge in [0.2, 0.25) is 0 Å². The van der Waals surface area contributed by atoms with Crippen LogP contribution in [-0.2, 0) is 0 Å². The van der Waals surface area contributed by atoms with E-state index in [-0.39, 0.29) is 5.91 Å². The molecule has 0 spiro atoms. The highest BCUT2D eigenvalue weighted by molar-refractivity contribution is 5.93. The van der Waals surface area contributed by atoms with Gasteiger partial charge in [0.25, 0.3) is 5.91 Å². The van der Waals surface area contributed by atoms with E-state index in [1.54, 1.807) is 11.0 Å². The third-order valence-corrected chi connectivity index (χ3v) is 3.81. The van der Waals surface area contributed by atoms with Crippen LogP contribution in [0.3, 0.4) is 0 Å². The second-order valence-electron chi connectivity index (χ2n) is 5.29. The van der Waals surface area contributed by atoms with Crippen molar-refractivity contribution in [2.45, 2.75) is 52.5 Å². The molecule has 1 aromatic rings. The van der Waals surface area contributed by atoms with Crippen LogP contribution in [0.2, 0.25) is 0 Å². The zero-order valence-corrected chi connectivity index (χ0v) is 12.6. The number of carbonyl (C=O) groups is 1. The van der Waals surface area contributed by atoms with Crippen molar-refractivity contribution in [2.24, 2.45) is 0 Å². The first kappa shape index (κ1) is 14.8. The zero-order chi connectivity index (χ0) is 14.5. The molecule has 0 radical (unpaired) electrons. The molecule has 0 saturated heterocycles. The minimum absolute atomic E-state index is 0.0185. The monoisotopic (exact) mass is 276 g/mol. The van der Waals surface area contributed by atoms with Crippen LogP contribution in [0.15, 0.2) is 6.07 Å². The number of aryl methyl sites for hydroxylation is 1. The number of aromatic nitrogens is 2. The molecular weight excluding hydrogens is 252 g/mol. The molecule has 5 heteroatoms. The van der Waals surface area contributed by atoms with Crippen molar-refractivity contribution in [3.05, 3.63) is 17.6 Å². The van der Waals surface area contributed by atoms with Crippen LogP contribution < -0.4 is 5.32 Å². The van der Waals surface area contributed by atoms with E-state index in [9.17, 15) is 4.79 Å². The van der Waals surface area contributed by atoms with E-state index in [4.69, 9.17) is 0 Å². The first-order valence-corrected chi connectivity index (χ1v) is 7.55. The predicted molar refractivity (Wildman–Crippen MR) is 79.9 cm³/mol. The number of rotatable bonds is 5. The molecule has 0 atom stereocenters. The van der Waals surface area contributed by atoms with Crippen molar-refractivity contribution in [3.63, 3.8) is 0 Å². The second kappa shape index (κ2) is 6.68. The van der Waals surface area contributed by atoms with Crippen LogP contribution in [0, 0.1) is 6.92 Å². The molecule has 1 amide bonds. The van der Waals surface area contributed by atoms with Gasteiger partial charge in [-0.3, -0.25) is 4.79 Å². The molecule has 1 aliphatic carbocycles. The third kappa shape index (κ3) is 3.46. The van der Waals surface area contributed by atoms with Crippen molar-refractivity contribution in [2.75, 3.05) is 18.4 Å². The summed E-state index contributed by atoms with van der Waals surface area (Å²) in [6.07, 6.45) is 4.91. The molecule has 1 fully saturated rings.